The van der Waals surface area contributed by atoms with E-state index < -0.39 is 18.3 Å². The van der Waals surface area contributed by atoms with E-state index in [4.69, 9.17) is 0 Å². The van der Waals surface area contributed by atoms with Crippen LogP contribution in [0.15, 0.2) is 47.6 Å². The number of hydrogen-bond acceptors (Lipinski definition) is 3. The zero-order valence-corrected chi connectivity index (χ0v) is 20.2. The van der Waals surface area contributed by atoms with E-state index in [0.717, 1.165) is 12.0 Å². The summed E-state index contributed by atoms with van der Waals surface area (Å²) < 4.78 is 0. The minimum atomic E-state index is -1.14. The second kappa shape index (κ2) is 9.77. The number of hydrogen-bond donors (Lipinski definition) is 3. The summed E-state index contributed by atoms with van der Waals surface area (Å²) in [5.74, 6) is 3.18. The Morgan fingerprint density at radius 2 is 1.74 bits per heavy atom. The van der Waals surface area contributed by atoms with Gasteiger partial charge in [0, 0.05) is 6.42 Å². The maximum Gasteiger partial charge on any atom is 0.110 e. The van der Waals surface area contributed by atoms with Crippen molar-refractivity contribution in [2.75, 3.05) is 0 Å². The molecule has 0 spiro atoms. The molecule has 0 aliphatic heterocycles. The van der Waals surface area contributed by atoms with E-state index in [0.29, 0.717) is 47.0 Å². The number of aliphatic hydroxyl groups excluding tert-OH is 3. The lowest BCUT2D eigenvalue weighted by Gasteiger charge is -2.44. The molecule has 3 rings (SSSR count). The van der Waals surface area contributed by atoms with Crippen LogP contribution in [0.2, 0.25) is 0 Å². The molecule has 31 heavy (non-hydrogen) atoms. The van der Waals surface area contributed by atoms with Crippen molar-refractivity contribution in [2.24, 2.45) is 35.0 Å². The predicted octanol–water partition coefficient (Wildman–Crippen LogP) is 5.58. The van der Waals surface area contributed by atoms with Gasteiger partial charge in [-0.25, -0.2) is 0 Å². The van der Waals surface area contributed by atoms with Crippen LogP contribution in [0.4, 0.5) is 0 Å². The lowest BCUT2D eigenvalue weighted by Crippen LogP contribution is -2.43. The monoisotopic (exact) mass is 428 g/mol. The van der Waals surface area contributed by atoms with E-state index >= 15 is 0 Å². The number of aliphatic hydroxyl groups is 3. The van der Waals surface area contributed by atoms with Gasteiger partial charge in [0.25, 0.3) is 0 Å². The summed E-state index contributed by atoms with van der Waals surface area (Å²) >= 11 is 0. The van der Waals surface area contributed by atoms with Crippen molar-refractivity contribution in [2.45, 2.75) is 91.5 Å². The molecule has 3 saturated carbocycles. The molecule has 3 N–H and O–H groups in total. The molecule has 0 aromatic heterocycles. The Morgan fingerprint density at radius 3 is 2.42 bits per heavy atom. The second-order valence-electron chi connectivity index (χ2n) is 11.1. The highest BCUT2D eigenvalue weighted by molar-refractivity contribution is 5.40. The van der Waals surface area contributed by atoms with Gasteiger partial charge in [0.2, 0.25) is 0 Å². The first-order valence-electron chi connectivity index (χ1n) is 12.4. The summed E-state index contributed by atoms with van der Waals surface area (Å²) in [6.07, 6.45) is 12.3. The number of allylic oxidation sites excluding steroid dienone is 5. The van der Waals surface area contributed by atoms with Crippen LogP contribution in [-0.2, 0) is 0 Å². The van der Waals surface area contributed by atoms with Gasteiger partial charge in [0.1, 0.15) is 12.2 Å². The van der Waals surface area contributed by atoms with Crippen molar-refractivity contribution < 1.29 is 15.3 Å². The molecule has 3 nitrogen and oxygen atoms in total. The Labute approximate surface area is 189 Å². The highest BCUT2D eigenvalue weighted by Crippen LogP contribution is 2.59. The number of fused-ring (bicyclic) bond motifs is 1. The van der Waals surface area contributed by atoms with E-state index in [1.54, 1.807) is 0 Å². The van der Waals surface area contributed by atoms with Crippen molar-refractivity contribution in [3.05, 3.63) is 47.6 Å². The van der Waals surface area contributed by atoms with Crippen LogP contribution in [0.25, 0.3) is 0 Å². The molecule has 0 aromatic rings. The summed E-state index contributed by atoms with van der Waals surface area (Å²) in [6, 6.07) is 0. The second-order valence-corrected chi connectivity index (χ2v) is 11.1. The van der Waals surface area contributed by atoms with E-state index in [1.807, 2.05) is 6.08 Å². The Kier molecular flexibility index (Phi) is 7.71. The van der Waals surface area contributed by atoms with Gasteiger partial charge in [-0.05, 0) is 78.3 Å². The normalized spacial score (nSPS) is 41.3. The van der Waals surface area contributed by atoms with Gasteiger partial charge in [-0.3, -0.25) is 0 Å². The quantitative estimate of drug-likeness (QED) is 0.501. The third kappa shape index (κ3) is 4.94. The summed E-state index contributed by atoms with van der Waals surface area (Å²) in [6.45, 7) is 15.8. The van der Waals surface area contributed by atoms with Gasteiger partial charge in [-0.2, -0.15) is 0 Å². The topological polar surface area (TPSA) is 60.7 Å². The van der Waals surface area contributed by atoms with Crippen molar-refractivity contribution in [1.82, 2.24) is 0 Å². The summed E-state index contributed by atoms with van der Waals surface area (Å²) in [5.41, 5.74) is 3.20. The molecule has 0 heterocycles. The first kappa shape index (κ1) is 24.5. The van der Waals surface area contributed by atoms with E-state index in [9.17, 15) is 15.3 Å². The van der Waals surface area contributed by atoms with E-state index in [2.05, 4.69) is 59.4 Å². The van der Waals surface area contributed by atoms with E-state index in [-0.39, 0.29) is 0 Å². The first-order chi connectivity index (χ1) is 14.6. The molecule has 8 atom stereocenters. The van der Waals surface area contributed by atoms with Crippen molar-refractivity contribution in [3.63, 3.8) is 0 Å². The zero-order chi connectivity index (χ0) is 22.9. The van der Waals surface area contributed by atoms with Gasteiger partial charge in [-0.15, -0.1) is 0 Å². The first-order valence-corrected chi connectivity index (χ1v) is 12.4. The van der Waals surface area contributed by atoms with Crippen LogP contribution < -0.4 is 0 Å². The molecule has 174 valence electrons. The maximum absolute atomic E-state index is 10.4. The van der Waals surface area contributed by atoms with Crippen LogP contribution in [0.1, 0.15) is 73.1 Å². The van der Waals surface area contributed by atoms with Crippen molar-refractivity contribution in [1.29, 1.82) is 0 Å². The van der Waals surface area contributed by atoms with E-state index in [1.165, 1.54) is 31.3 Å². The van der Waals surface area contributed by atoms with Gasteiger partial charge >= 0.3 is 0 Å². The molecular formula is C28H44O3. The fraction of sp³-hybridized carbons (Fsp3) is 0.714. The molecule has 0 amide bonds. The summed E-state index contributed by atoms with van der Waals surface area (Å²) in [7, 11) is 0. The fourth-order valence-corrected chi connectivity index (χ4v) is 6.36. The number of rotatable bonds is 5. The standard InChI is InChI=1S/C28H44O3/c1-17(2)18(3)9-10-19(4)23-13-14-24-21(8-7-15-28(23,24)6)11-12-22-20(5)16-25(29)27(31)26(22)30/h9-12,17-19,23-27,29-31H,5,7-8,13-16H2,1-4,6H3/b10-9+,21-11?,22-12?/t18-,19-,23-,24?,25?,26?,27+,28-/m1/s1. The van der Waals surface area contributed by atoms with Gasteiger partial charge in [0.15, 0.2) is 0 Å². The molecule has 3 heteroatoms. The van der Waals surface area contributed by atoms with Gasteiger partial charge in [-0.1, -0.05) is 71.1 Å². The Balaban J connectivity index is 1.78. The van der Waals surface area contributed by atoms with Gasteiger partial charge < -0.3 is 15.3 Å². The van der Waals surface area contributed by atoms with Crippen LogP contribution in [0.5, 0.6) is 0 Å². The minimum absolute atomic E-state index is 0.315. The molecule has 0 saturated heterocycles. The van der Waals surface area contributed by atoms with Crippen LogP contribution in [0, 0.1) is 35.0 Å². The smallest absolute Gasteiger partial charge is 0.110 e. The van der Waals surface area contributed by atoms with Crippen LogP contribution >= 0.6 is 0 Å². The van der Waals surface area contributed by atoms with Crippen LogP contribution in [0.3, 0.4) is 0 Å². The highest BCUT2D eigenvalue weighted by atomic mass is 16.4. The Morgan fingerprint density at radius 1 is 1.03 bits per heavy atom. The summed E-state index contributed by atoms with van der Waals surface area (Å²) in [4.78, 5) is 0. The predicted molar refractivity (Wildman–Crippen MR) is 128 cm³/mol. The maximum atomic E-state index is 10.4. The average molecular weight is 429 g/mol. The SMILES string of the molecule is C=C1CC(O)[C@H](O)C(O)C1=CC=C1CCC[C@@]2(C)C1CC[C@@H]2[C@H](C)/C=C/[C@@H](C)C(C)C. The largest absolute Gasteiger partial charge is 0.390 e. The third-order valence-electron chi connectivity index (χ3n) is 8.82. The molecule has 3 aliphatic carbocycles. The lowest BCUT2D eigenvalue weighted by atomic mass is 9.61. The Hall–Kier alpha value is -1.16. The molecular weight excluding hydrogens is 384 g/mol. The van der Waals surface area contributed by atoms with Crippen LogP contribution in [-0.4, -0.2) is 33.6 Å². The van der Waals surface area contributed by atoms with Crippen molar-refractivity contribution >= 4 is 0 Å². The highest BCUT2D eigenvalue weighted by Gasteiger charge is 2.50. The molecule has 3 unspecified atom stereocenters. The minimum Gasteiger partial charge on any atom is -0.390 e. The third-order valence-corrected chi connectivity index (χ3v) is 8.82. The molecule has 3 aliphatic rings. The molecule has 0 bridgehead atoms. The fourth-order valence-electron chi connectivity index (χ4n) is 6.36. The molecule has 0 aromatic carbocycles. The lowest BCUT2D eigenvalue weighted by molar-refractivity contribution is -0.0531. The Bertz CT molecular complexity index is 745. The molecule has 0 radical (unpaired) electrons. The summed E-state index contributed by atoms with van der Waals surface area (Å²) in [5, 5.41) is 30.4. The molecule has 3 fully saturated rings. The average Bonchev–Trinajstić information content (AvgIpc) is 3.07. The van der Waals surface area contributed by atoms with Crippen molar-refractivity contribution in [3.8, 4) is 0 Å². The zero-order valence-electron chi connectivity index (χ0n) is 20.2. The van der Waals surface area contributed by atoms with Gasteiger partial charge in [0.05, 0.1) is 6.10 Å².